The molecule has 0 spiro atoms. The number of amides is 1. The summed E-state index contributed by atoms with van der Waals surface area (Å²) >= 11 is 1.44. The minimum atomic E-state index is -1.18. The van der Waals surface area contributed by atoms with Gasteiger partial charge < -0.3 is 10.5 Å². The summed E-state index contributed by atoms with van der Waals surface area (Å²) in [5.41, 5.74) is 7.42. The fraction of sp³-hybridized carbons (Fsp3) is 0.273. The van der Waals surface area contributed by atoms with Crippen LogP contribution in [0.15, 0.2) is 36.4 Å². The van der Waals surface area contributed by atoms with Crippen molar-refractivity contribution in [2.45, 2.75) is 39.7 Å². The molecule has 29 heavy (non-hydrogen) atoms. The number of benzene rings is 2. The highest BCUT2D eigenvalue weighted by Crippen LogP contribution is 2.33. The lowest BCUT2D eigenvalue weighted by molar-refractivity contribution is 0.0991. The van der Waals surface area contributed by atoms with Gasteiger partial charge in [0.05, 0.1) is 10.6 Å². The lowest BCUT2D eigenvalue weighted by Gasteiger charge is -2.19. The first-order chi connectivity index (χ1) is 13.6. The second-order valence-corrected chi connectivity index (χ2v) is 8.82. The van der Waals surface area contributed by atoms with E-state index in [0.29, 0.717) is 5.01 Å². The van der Waals surface area contributed by atoms with Crippen LogP contribution in [-0.4, -0.2) is 10.9 Å². The van der Waals surface area contributed by atoms with E-state index in [0.717, 1.165) is 28.3 Å². The third-order valence-corrected chi connectivity index (χ3v) is 5.69. The molecule has 1 amide bonds. The van der Waals surface area contributed by atoms with Crippen molar-refractivity contribution in [1.29, 1.82) is 0 Å². The molecule has 152 valence electrons. The van der Waals surface area contributed by atoms with E-state index in [1.165, 1.54) is 16.9 Å². The Bertz CT molecular complexity index is 1050. The second-order valence-electron chi connectivity index (χ2n) is 7.74. The van der Waals surface area contributed by atoms with Crippen molar-refractivity contribution < 1.29 is 18.3 Å². The number of thiazole rings is 1. The molecular formula is C22H22F2N2O2S. The Balaban J connectivity index is 1.80. The summed E-state index contributed by atoms with van der Waals surface area (Å²) in [6.07, 6.45) is 0. The first-order valence-electron chi connectivity index (χ1n) is 9.05. The Hall–Kier alpha value is -2.80. The predicted molar refractivity (Wildman–Crippen MR) is 110 cm³/mol. The zero-order valence-corrected chi connectivity index (χ0v) is 17.5. The third kappa shape index (κ3) is 4.45. The number of rotatable bonds is 5. The fourth-order valence-corrected chi connectivity index (χ4v) is 3.90. The molecule has 2 aromatic carbocycles. The van der Waals surface area contributed by atoms with Crippen molar-refractivity contribution in [1.82, 2.24) is 4.98 Å². The van der Waals surface area contributed by atoms with Crippen LogP contribution in [0.2, 0.25) is 0 Å². The van der Waals surface area contributed by atoms with Crippen molar-refractivity contribution in [2.24, 2.45) is 5.73 Å². The standard InChI is InChI=1S/C22H22F2N2O2S/c1-12-20(13-5-7-14(8-6-13)22(2,3)4)29-17(26-12)11-28-16-10-9-15(23)18(19(16)24)21(25)27/h5-10H,11H2,1-4H3,(H2,25,27). The van der Waals surface area contributed by atoms with Crippen LogP contribution >= 0.6 is 11.3 Å². The molecule has 0 saturated carbocycles. The maximum absolute atomic E-state index is 14.3. The average Bonchev–Trinajstić information content (AvgIpc) is 3.01. The van der Waals surface area contributed by atoms with Crippen molar-refractivity contribution in [3.63, 3.8) is 0 Å². The van der Waals surface area contributed by atoms with Gasteiger partial charge in [-0.2, -0.15) is 0 Å². The molecule has 0 aliphatic carbocycles. The van der Waals surface area contributed by atoms with E-state index >= 15 is 0 Å². The molecule has 0 fully saturated rings. The summed E-state index contributed by atoms with van der Waals surface area (Å²) in [5.74, 6) is -3.56. The van der Waals surface area contributed by atoms with Crippen LogP contribution in [0.5, 0.6) is 5.75 Å². The van der Waals surface area contributed by atoms with Gasteiger partial charge in [0.1, 0.15) is 23.0 Å². The maximum atomic E-state index is 14.3. The number of carbonyl (C=O) groups excluding carboxylic acids is 1. The van der Waals surface area contributed by atoms with Crippen molar-refractivity contribution in [2.75, 3.05) is 0 Å². The van der Waals surface area contributed by atoms with Gasteiger partial charge in [0.25, 0.3) is 5.91 Å². The fourth-order valence-electron chi connectivity index (χ4n) is 2.91. The number of aryl methyl sites for hydroxylation is 1. The van der Waals surface area contributed by atoms with E-state index in [9.17, 15) is 13.6 Å². The molecule has 0 saturated heterocycles. The van der Waals surface area contributed by atoms with E-state index < -0.39 is 23.1 Å². The molecule has 1 heterocycles. The highest BCUT2D eigenvalue weighted by Gasteiger charge is 2.20. The Morgan fingerprint density at radius 2 is 1.79 bits per heavy atom. The molecule has 2 N–H and O–H groups in total. The zero-order chi connectivity index (χ0) is 21.3. The van der Waals surface area contributed by atoms with Crippen LogP contribution < -0.4 is 10.5 Å². The number of nitrogens with two attached hydrogens (primary N) is 1. The first-order valence-corrected chi connectivity index (χ1v) is 9.87. The minimum absolute atomic E-state index is 0.00760. The molecule has 1 aromatic heterocycles. The van der Waals surface area contributed by atoms with E-state index in [1.807, 2.05) is 6.92 Å². The van der Waals surface area contributed by atoms with Crippen LogP contribution in [0.25, 0.3) is 10.4 Å². The van der Waals surface area contributed by atoms with Crippen LogP contribution in [0.1, 0.15) is 47.4 Å². The van der Waals surface area contributed by atoms with Gasteiger partial charge >= 0.3 is 0 Å². The monoisotopic (exact) mass is 416 g/mol. The van der Waals surface area contributed by atoms with Crippen LogP contribution in [0.3, 0.4) is 0 Å². The van der Waals surface area contributed by atoms with Crippen LogP contribution in [0, 0.1) is 18.6 Å². The van der Waals surface area contributed by atoms with E-state index in [2.05, 4.69) is 50.0 Å². The van der Waals surface area contributed by atoms with Gasteiger partial charge in [-0.1, -0.05) is 45.0 Å². The summed E-state index contributed by atoms with van der Waals surface area (Å²) in [7, 11) is 0. The van der Waals surface area contributed by atoms with Gasteiger partial charge in [0, 0.05) is 0 Å². The molecule has 3 aromatic rings. The van der Waals surface area contributed by atoms with Gasteiger partial charge in [-0.15, -0.1) is 11.3 Å². The number of carbonyl (C=O) groups is 1. The molecule has 0 aliphatic heterocycles. The number of aromatic nitrogens is 1. The first kappa shape index (κ1) is 20.9. The average molecular weight is 416 g/mol. The number of halogens is 2. The molecule has 0 radical (unpaired) electrons. The van der Waals surface area contributed by atoms with Gasteiger partial charge in [0.15, 0.2) is 11.6 Å². The Labute approximate surface area is 172 Å². The van der Waals surface area contributed by atoms with Crippen molar-refractivity contribution in [3.8, 4) is 16.2 Å². The Morgan fingerprint density at radius 1 is 1.14 bits per heavy atom. The maximum Gasteiger partial charge on any atom is 0.254 e. The largest absolute Gasteiger partial charge is 0.483 e. The van der Waals surface area contributed by atoms with Gasteiger partial charge in [0.2, 0.25) is 0 Å². The Kier molecular flexibility index (Phi) is 5.71. The smallest absolute Gasteiger partial charge is 0.254 e. The third-order valence-electron chi connectivity index (χ3n) is 4.51. The molecule has 0 unspecified atom stereocenters. The number of primary amides is 1. The van der Waals surface area contributed by atoms with Gasteiger partial charge in [-0.05, 0) is 35.6 Å². The molecule has 0 aliphatic rings. The minimum Gasteiger partial charge on any atom is -0.483 e. The number of hydrogen-bond acceptors (Lipinski definition) is 4. The van der Waals surface area contributed by atoms with E-state index in [4.69, 9.17) is 10.5 Å². The topological polar surface area (TPSA) is 65.2 Å². The highest BCUT2D eigenvalue weighted by atomic mass is 32.1. The summed E-state index contributed by atoms with van der Waals surface area (Å²) in [5, 5.41) is 0.641. The molecule has 0 bridgehead atoms. The number of nitrogens with zero attached hydrogens (tertiary/aromatic N) is 1. The zero-order valence-electron chi connectivity index (χ0n) is 16.7. The van der Waals surface area contributed by atoms with Gasteiger partial charge in [-0.25, -0.2) is 13.8 Å². The molecule has 4 nitrogen and oxygen atoms in total. The van der Waals surface area contributed by atoms with E-state index in [1.54, 1.807) is 0 Å². The molecule has 0 atom stereocenters. The summed E-state index contributed by atoms with van der Waals surface area (Å²) < 4.78 is 33.3. The van der Waals surface area contributed by atoms with Crippen molar-refractivity contribution >= 4 is 17.2 Å². The summed E-state index contributed by atoms with van der Waals surface area (Å²) in [4.78, 5) is 16.7. The normalized spacial score (nSPS) is 11.5. The Morgan fingerprint density at radius 3 is 2.38 bits per heavy atom. The van der Waals surface area contributed by atoms with Crippen LogP contribution in [0.4, 0.5) is 8.78 Å². The second kappa shape index (κ2) is 7.91. The highest BCUT2D eigenvalue weighted by molar-refractivity contribution is 7.15. The lowest BCUT2D eigenvalue weighted by atomic mass is 9.86. The summed E-state index contributed by atoms with van der Waals surface area (Å²) in [6.45, 7) is 8.37. The lowest BCUT2D eigenvalue weighted by Crippen LogP contribution is -2.16. The quantitative estimate of drug-likeness (QED) is 0.608. The molecule has 3 rings (SSSR count). The predicted octanol–water partition coefficient (Wildman–Crippen LogP) is 5.37. The van der Waals surface area contributed by atoms with Gasteiger partial charge in [-0.3, -0.25) is 4.79 Å². The SMILES string of the molecule is Cc1nc(COc2ccc(F)c(C(N)=O)c2F)sc1-c1ccc(C(C)(C)C)cc1. The van der Waals surface area contributed by atoms with Crippen LogP contribution in [-0.2, 0) is 12.0 Å². The van der Waals surface area contributed by atoms with Crippen molar-refractivity contribution in [3.05, 3.63) is 69.9 Å². The van der Waals surface area contributed by atoms with E-state index in [-0.39, 0.29) is 17.8 Å². The molecule has 7 heteroatoms. The summed E-state index contributed by atoms with van der Waals surface area (Å²) in [6, 6.07) is 10.4. The number of ether oxygens (including phenoxy) is 1. The number of hydrogen-bond donors (Lipinski definition) is 1. The molecular weight excluding hydrogens is 394 g/mol.